The standard InChI is InChI=1S/C13H10BrN5OS/c14-9-3-4-12(19-8-16-17-18-19)11(6-9)13(20)15-7-10-2-1-5-21-10/h1-6,8H,7H2,(H,15,20). The van der Waals surface area contributed by atoms with Crippen LogP contribution in [0.1, 0.15) is 15.2 Å². The molecule has 106 valence electrons. The first-order valence-corrected chi connectivity index (χ1v) is 7.75. The summed E-state index contributed by atoms with van der Waals surface area (Å²) in [5, 5.41) is 15.9. The number of halogens is 1. The monoisotopic (exact) mass is 363 g/mol. The number of nitrogens with one attached hydrogen (secondary N) is 1. The van der Waals surface area contributed by atoms with Crippen molar-refractivity contribution in [3.05, 3.63) is 57.0 Å². The molecule has 2 aromatic heterocycles. The van der Waals surface area contributed by atoms with E-state index in [0.717, 1.165) is 9.35 Å². The van der Waals surface area contributed by atoms with Gasteiger partial charge in [-0.05, 0) is 40.1 Å². The van der Waals surface area contributed by atoms with E-state index in [1.165, 1.54) is 11.0 Å². The molecule has 0 spiro atoms. The Morgan fingerprint density at radius 1 is 1.38 bits per heavy atom. The van der Waals surface area contributed by atoms with Crippen LogP contribution in [0.5, 0.6) is 0 Å². The van der Waals surface area contributed by atoms with E-state index in [9.17, 15) is 4.79 Å². The number of carbonyl (C=O) groups is 1. The van der Waals surface area contributed by atoms with Crippen LogP contribution >= 0.6 is 27.3 Å². The van der Waals surface area contributed by atoms with Gasteiger partial charge in [0.2, 0.25) is 0 Å². The zero-order chi connectivity index (χ0) is 14.7. The van der Waals surface area contributed by atoms with Crippen LogP contribution in [0.3, 0.4) is 0 Å². The van der Waals surface area contributed by atoms with Gasteiger partial charge >= 0.3 is 0 Å². The lowest BCUT2D eigenvalue weighted by Crippen LogP contribution is -2.24. The number of thiophene rings is 1. The zero-order valence-electron chi connectivity index (χ0n) is 10.7. The van der Waals surface area contributed by atoms with Gasteiger partial charge < -0.3 is 5.32 Å². The van der Waals surface area contributed by atoms with Gasteiger partial charge in [0.25, 0.3) is 5.91 Å². The average Bonchev–Trinajstić information content (AvgIpc) is 3.18. The fourth-order valence-electron chi connectivity index (χ4n) is 1.84. The first kappa shape index (κ1) is 13.9. The van der Waals surface area contributed by atoms with Gasteiger partial charge in [-0.1, -0.05) is 22.0 Å². The molecular formula is C13H10BrN5OS. The Bertz CT molecular complexity index is 742. The number of carbonyl (C=O) groups excluding carboxylic acids is 1. The molecule has 0 saturated carbocycles. The van der Waals surface area contributed by atoms with E-state index in [1.807, 2.05) is 23.6 Å². The third-order valence-electron chi connectivity index (χ3n) is 2.80. The molecule has 1 N–H and O–H groups in total. The molecule has 1 aromatic carbocycles. The predicted molar refractivity (Wildman–Crippen MR) is 82.3 cm³/mol. The van der Waals surface area contributed by atoms with Crippen LogP contribution in [-0.2, 0) is 6.54 Å². The van der Waals surface area contributed by atoms with Crippen LogP contribution < -0.4 is 5.32 Å². The number of rotatable bonds is 4. The van der Waals surface area contributed by atoms with Crippen molar-refractivity contribution in [1.82, 2.24) is 25.5 Å². The number of nitrogens with zero attached hydrogens (tertiary/aromatic N) is 4. The van der Waals surface area contributed by atoms with Crippen molar-refractivity contribution in [3.63, 3.8) is 0 Å². The topological polar surface area (TPSA) is 72.7 Å². The summed E-state index contributed by atoms with van der Waals surface area (Å²) < 4.78 is 2.28. The minimum atomic E-state index is -0.171. The maximum Gasteiger partial charge on any atom is 0.253 e. The van der Waals surface area contributed by atoms with E-state index in [-0.39, 0.29) is 5.91 Å². The van der Waals surface area contributed by atoms with Crippen molar-refractivity contribution in [3.8, 4) is 5.69 Å². The lowest BCUT2D eigenvalue weighted by atomic mass is 10.1. The van der Waals surface area contributed by atoms with E-state index in [0.29, 0.717) is 17.8 Å². The molecule has 0 aliphatic heterocycles. The van der Waals surface area contributed by atoms with E-state index >= 15 is 0 Å². The van der Waals surface area contributed by atoms with Crippen LogP contribution in [0.4, 0.5) is 0 Å². The molecule has 2 heterocycles. The van der Waals surface area contributed by atoms with Gasteiger partial charge in [0.1, 0.15) is 6.33 Å². The summed E-state index contributed by atoms with van der Waals surface area (Å²) in [5.41, 5.74) is 1.14. The van der Waals surface area contributed by atoms with Gasteiger partial charge in [0.15, 0.2) is 0 Å². The number of benzene rings is 1. The molecule has 3 rings (SSSR count). The SMILES string of the molecule is O=C(NCc1cccs1)c1cc(Br)ccc1-n1cnnn1. The Hall–Kier alpha value is -2.06. The second-order valence-corrected chi connectivity index (χ2v) is 6.13. The maximum atomic E-state index is 12.4. The number of tetrazole rings is 1. The Morgan fingerprint density at radius 2 is 2.29 bits per heavy atom. The van der Waals surface area contributed by atoms with Gasteiger partial charge in [-0.3, -0.25) is 4.79 Å². The van der Waals surface area contributed by atoms with E-state index in [1.54, 1.807) is 23.5 Å². The van der Waals surface area contributed by atoms with Crippen LogP contribution in [0.15, 0.2) is 46.5 Å². The number of hydrogen-bond donors (Lipinski definition) is 1. The largest absolute Gasteiger partial charge is 0.347 e. The van der Waals surface area contributed by atoms with Crippen LogP contribution in [0.25, 0.3) is 5.69 Å². The summed E-state index contributed by atoms with van der Waals surface area (Å²) >= 11 is 4.98. The molecule has 0 saturated heterocycles. The van der Waals surface area contributed by atoms with E-state index < -0.39 is 0 Å². The third kappa shape index (κ3) is 3.17. The first-order chi connectivity index (χ1) is 10.2. The number of hydrogen-bond acceptors (Lipinski definition) is 5. The van der Waals surface area contributed by atoms with Crippen molar-refractivity contribution < 1.29 is 4.79 Å². The summed E-state index contributed by atoms with van der Waals surface area (Å²) in [6.07, 6.45) is 1.46. The van der Waals surface area contributed by atoms with Crippen LogP contribution in [-0.4, -0.2) is 26.1 Å². The second kappa shape index (κ2) is 6.15. The molecule has 8 heteroatoms. The molecule has 0 radical (unpaired) electrons. The second-order valence-electron chi connectivity index (χ2n) is 4.18. The Balaban J connectivity index is 1.86. The summed E-state index contributed by atoms with van der Waals surface area (Å²) in [5.74, 6) is -0.171. The molecule has 1 amide bonds. The summed E-state index contributed by atoms with van der Waals surface area (Å²) in [6.45, 7) is 0.498. The van der Waals surface area contributed by atoms with Crippen molar-refractivity contribution in [2.24, 2.45) is 0 Å². The molecule has 0 bridgehead atoms. The van der Waals surface area contributed by atoms with Crippen molar-refractivity contribution in [1.29, 1.82) is 0 Å². The minimum absolute atomic E-state index is 0.171. The van der Waals surface area contributed by atoms with Gasteiger partial charge in [0.05, 0.1) is 17.8 Å². The number of aromatic nitrogens is 4. The lowest BCUT2D eigenvalue weighted by Gasteiger charge is -2.09. The maximum absolute atomic E-state index is 12.4. The number of amides is 1. The molecule has 3 aromatic rings. The first-order valence-electron chi connectivity index (χ1n) is 6.07. The van der Waals surface area contributed by atoms with Gasteiger partial charge in [-0.15, -0.1) is 16.4 Å². The predicted octanol–water partition coefficient (Wildman–Crippen LogP) is 2.42. The fourth-order valence-corrected chi connectivity index (χ4v) is 2.84. The summed E-state index contributed by atoms with van der Waals surface area (Å²) in [7, 11) is 0. The molecule has 0 aliphatic carbocycles. The third-order valence-corrected chi connectivity index (χ3v) is 4.17. The van der Waals surface area contributed by atoms with Crippen molar-refractivity contribution in [2.75, 3.05) is 0 Å². The minimum Gasteiger partial charge on any atom is -0.347 e. The summed E-state index contributed by atoms with van der Waals surface area (Å²) in [4.78, 5) is 13.5. The molecule has 0 fully saturated rings. The zero-order valence-corrected chi connectivity index (χ0v) is 13.1. The highest BCUT2D eigenvalue weighted by atomic mass is 79.9. The molecule has 0 unspecified atom stereocenters. The molecular weight excluding hydrogens is 354 g/mol. The molecule has 0 atom stereocenters. The van der Waals surface area contributed by atoms with Crippen molar-refractivity contribution in [2.45, 2.75) is 6.54 Å². The van der Waals surface area contributed by atoms with Crippen molar-refractivity contribution >= 4 is 33.2 Å². The van der Waals surface area contributed by atoms with Crippen LogP contribution in [0, 0.1) is 0 Å². The van der Waals surface area contributed by atoms with Crippen LogP contribution in [0.2, 0.25) is 0 Å². The highest BCUT2D eigenvalue weighted by Gasteiger charge is 2.14. The Kier molecular flexibility index (Phi) is 4.07. The summed E-state index contributed by atoms with van der Waals surface area (Å²) in [6, 6.07) is 9.32. The molecule has 21 heavy (non-hydrogen) atoms. The quantitative estimate of drug-likeness (QED) is 0.772. The lowest BCUT2D eigenvalue weighted by molar-refractivity contribution is 0.0951. The Labute approximate surface area is 132 Å². The van der Waals surface area contributed by atoms with Gasteiger partial charge in [-0.2, -0.15) is 4.68 Å². The molecule has 0 aliphatic rings. The average molecular weight is 364 g/mol. The molecule has 6 nitrogen and oxygen atoms in total. The van der Waals surface area contributed by atoms with Gasteiger partial charge in [0, 0.05) is 9.35 Å². The van der Waals surface area contributed by atoms with Gasteiger partial charge in [-0.25, -0.2) is 0 Å². The van der Waals surface area contributed by atoms with E-state index in [4.69, 9.17) is 0 Å². The Morgan fingerprint density at radius 3 is 3.00 bits per heavy atom. The van der Waals surface area contributed by atoms with E-state index in [2.05, 4.69) is 36.8 Å². The highest BCUT2D eigenvalue weighted by Crippen LogP contribution is 2.19. The fraction of sp³-hybridized carbons (Fsp3) is 0.0769. The highest BCUT2D eigenvalue weighted by molar-refractivity contribution is 9.10. The smallest absolute Gasteiger partial charge is 0.253 e. The normalized spacial score (nSPS) is 10.5.